The number of likely N-dealkylation sites (tertiary alicyclic amines) is 1. The van der Waals surface area contributed by atoms with Crippen LogP contribution in [0, 0.1) is 5.82 Å². The SMILES string of the molecule is CCn1cncc1Cn1c(CN2CCC(c3cccc(OCc4ccc(Cl)cc4F)n3)CC2)nc2sc(P(=O)(O)O)cc21. The Labute approximate surface area is 256 Å². The lowest BCUT2D eigenvalue weighted by atomic mass is 9.93. The fourth-order valence-corrected chi connectivity index (χ4v) is 7.41. The quantitative estimate of drug-likeness (QED) is 0.196. The van der Waals surface area contributed by atoms with Crippen molar-refractivity contribution in [2.24, 2.45) is 0 Å². The average Bonchev–Trinajstić information content (AvgIpc) is 3.69. The van der Waals surface area contributed by atoms with E-state index in [4.69, 9.17) is 26.3 Å². The summed E-state index contributed by atoms with van der Waals surface area (Å²) in [6.45, 7) is 5.69. The second kappa shape index (κ2) is 12.5. The zero-order valence-corrected chi connectivity index (χ0v) is 25.9. The maximum absolute atomic E-state index is 14.1. The van der Waals surface area contributed by atoms with E-state index in [9.17, 15) is 18.7 Å². The summed E-state index contributed by atoms with van der Waals surface area (Å²) in [4.78, 5) is 36.3. The van der Waals surface area contributed by atoms with Crippen LogP contribution in [0.4, 0.5) is 4.39 Å². The fraction of sp³-hybridized carbons (Fsp3) is 0.345. The lowest BCUT2D eigenvalue weighted by Crippen LogP contribution is -2.33. The highest BCUT2D eigenvalue weighted by atomic mass is 35.5. The lowest BCUT2D eigenvalue weighted by Gasteiger charge is -2.31. The van der Waals surface area contributed by atoms with Crippen LogP contribution in [-0.4, -0.2) is 51.9 Å². The minimum atomic E-state index is -4.38. The number of aryl methyl sites for hydroxylation is 1. The topological polar surface area (TPSA) is 119 Å². The number of rotatable bonds is 10. The first-order chi connectivity index (χ1) is 20.7. The number of thiophene rings is 1. The van der Waals surface area contributed by atoms with Gasteiger partial charge in [-0.2, -0.15) is 0 Å². The van der Waals surface area contributed by atoms with Crippen molar-refractivity contribution in [1.29, 1.82) is 0 Å². The number of halogens is 2. The molecule has 43 heavy (non-hydrogen) atoms. The van der Waals surface area contributed by atoms with E-state index in [1.165, 1.54) is 6.07 Å². The molecule has 2 N–H and O–H groups in total. The smallest absolute Gasteiger partial charge is 0.366 e. The highest BCUT2D eigenvalue weighted by Crippen LogP contribution is 2.39. The number of benzene rings is 1. The minimum absolute atomic E-state index is 0.0205. The zero-order valence-electron chi connectivity index (χ0n) is 23.4. The van der Waals surface area contributed by atoms with Gasteiger partial charge in [0.05, 0.1) is 30.6 Å². The summed E-state index contributed by atoms with van der Waals surface area (Å²) < 4.78 is 36.0. The lowest BCUT2D eigenvalue weighted by molar-refractivity contribution is 0.196. The first-order valence-corrected chi connectivity index (χ1v) is 16.8. The summed E-state index contributed by atoms with van der Waals surface area (Å²) in [5.74, 6) is 1.16. The Kier molecular flexibility index (Phi) is 8.68. The molecular weight excluding hydrogens is 614 g/mol. The van der Waals surface area contributed by atoms with Crippen LogP contribution in [0.25, 0.3) is 10.3 Å². The Morgan fingerprint density at radius 2 is 1.95 bits per heavy atom. The van der Waals surface area contributed by atoms with Crippen molar-refractivity contribution < 1.29 is 23.5 Å². The summed E-state index contributed by atoms with van der Waals surface area (Å²) in [5.41, 5.74) is 3.09. The van der Waals surface area contributed by atoms with Gasteiger partial charge in [-0.05, 0) is 57.1 Å². The van der Waals surface area contributed by atoms with Crippen LogP contribution in [0.3, 0.4) is 0 Å². The molecule has 0 aliphatic carbocycles. The van der Waals surface area contributed by atoms with Gasteiger partial charge in [0.2, 0.25) is 5.88 Å². The molecule has 1 aliphatic rings. The maximum atomic E-state index is 14.1. The zero-order chi connectivity index (χ0) is 30.1. The predicted molar refractivity (Wildman–Crippen MR) is 164 cm³/mol. The van der Waals surface area contributed by atoms with Gasteiger partial charge in [-0.25, -0.2) is 19.3 Å². The molecule has 1 aliphatic heterocycles. The van der Waals surface area contributed by atoms with Gasteiger partial charge in [0, 0.05) is 41.0 Å². The van der Waals surface area contributed by atoms with Gasteiger partial charge in [-0.3, -0.25) is 9.46 Å². The molecule has 0 unspecified atom stereocenters. The van der Waals surface area contributed by atoms with E-state index in [0.717, 1.165) is 66.5 Å². The third-order valence-electron chi connectivity index (χ3n) is 7.77. The standard InChI is InChI=1S/C29H31ClFN6O4PS/c1-2-36-18-32-14-22(36)15-37-25-13-28(42(38,39)40)43-29(25)34-26(37)16-35-10-8-19(9-11-35)24-4-3-5-27(33-24)41-17-20-6-7-21(30)12-23(20)31/h3-7,12-14,18-19H,2,8-11,15-17H2,1H3,(H2,38,39,40). The highest BCUT2D eigenvalue weighted by Gasteiger charge is 2.27. The molecule has 226 valence electrons. The Balaban J connectivity index is 1.14. The Bertz CT molecular complexity index is 1790. The highest BCUT2D eigenvalue weighted by molar-refractivity contribution is 7.68. The summed E-state index contributed by atoms with van der Waals surface area (Å²) in [7, 11) is -4.38. The van der Waals surface area contributed by atoms with Crippen LogP contribution in [0.15, 0.2) is 55.0 Å². The van der Waals surface area contributed by atoms with E-state index in [2.05, 4.69) is 9.88 Å². The van der Waals surface area contributed by atoms with E-state index in [-0.39, 0.29) is 17.1 Å². The number of imidazole rings is 2. The second-order valence-electron chi connectivity index (χ2n) is 10.6. The maximum Gasteiger partial charge on any atom is 0.366 e. The van der Waals surface area contributed by atoms with E-state index in [1.807, 2.05) is 34.4 Å². The molecule has 0 bridgehead atoms. The van der Waals surface area contributed by atoms with Crippen molar-refractivity contribution >= 4 is 45.5 Å². The van der Waals surface area contributed by atoms with Crippen LogP contribution >= 0.6 is 30.5 Å². The molecule has 1 saturated heterocycles. The minimum Gasteiger partial charge on any atom is -0.473 e. The largest absolute Gasteiger partial charge is 0.473 e. The molecule has 0 amide bonds. The Hall–Kier alpha value is -3.12. The normalized spacial score (nSPS) is 15.0. The number of hydrogen-bond acceptors (Lipinski definition) is 7. The predicted octanol–water partition coefficient (Wildman–Crippen LogP) is 5.31. The summed E-state index contributed by atoms with van der Waals surface area (Å²) in [6, 6.07) is 11.8. The second-order valence-corrected chi connectivity index (χ2v) is 13.9. The molecule has 5 heterocycles. The van der Waals surface area contributed by atoms with Crippen molar-refractivity contribution in [1.82, 2.24) is 29.0 Å². The number of aromatic nitrogens is 5. The van der Waals surface area contributed by atoms with Gasteiger partial charge in [-0.15, -0.1) is 11.3 Å². The van der Waals surface area contributed by atoms with Gasteiger partial charge in [-0.1, -0.05) is 23.7 Å². The summed E-state index contributed by atoms with van der Waals surface area (Å²) in [5, 5.41) is 0.342. The first kappa shape index (κ1) is 29.9. The molecule has 6 rings (SSSR count). The molecule has 0 radical (unpaired) electrons. The molecule has 0 atom stereocenters. The van der Waals surface area contributed by atoms with Crippen molar-refractivity contribution in [3.8, 4) is 5.88 Å². The molecular formula is C29H31ClFN6O4PS. The van der Waals surface area contributed by atoms with Gasteiger partial charge in [0.1, 0.15) is 27.7 Å². The van der Waals surface area contributed by atoms with E-state index < -0.39 is 13.4 Å². The molecule has 4 aromatic heterocycles. The van der Waals surface area contributed by atoms with Crippen molar-refractivity contribution in [2.45, 2.75) is 51.9 Å². The number of fused-ring (bicyclic) bond motifs is 1. The molecule has 1 fully saturated rings. The number of piperidine rings is 1. The number of hydrogen-bond donors (Lipinski definition) is 2. The van der Waals surface area contributed by atoms with E-state index in [1.54, 1.807) is 30.6 Å². The summed E-state index contributed by atoms with van der Waals surface area (Å²) in [6.07, 6.45) is 5.41. The summed E-state index contributed by atoms with van der Waals surface area (Å²) >= 11 is 6.89. The van der Waals surface area contributed by atoms with Crippen LogP contribution in [0.2, 0.25) is 5.02 Å². The van der Waals surface area contributed by atoms with Crippen molar-refractivity contribution in [3.63, 3.8) is 0 Å². The average molecular weight is 645 g/mol. The third-order valence-corrected chi connectivity index (χ3v) is 10.5. The first-order valence-electron chi connectivity index (χ1n) is 14.0. The number of ether oxygens (including phenoxy) is 1. The molecule has 0 spiro atoms. The van der Waals surface area contributed by atoms with Gasteiger partial charge in [0.25, 0.3) is 0 Å². The van der Waals surface area contributed by atoms with E-state index >= 15 is 0 Å². The van der Waals surface area contributed by atoms with Crippen LogP contribution in [0.5, 0.6) is 5.88 Å². The monoisotopic (exact) mass is 644 g/mol. The third kappa shape index (κ3) is 6.69. The van der Waals surface area contributed by atoms with Crippen molar-refractivity contribution in [3.05, 3.63) is 88.6 Å². The van der Waals surface area contributed by atoms with Crippen LogP contribution in [0.1, 0.15) is 48.5 Å². The number of pyridine rings is 1. The van der Waals surface area contributed by atoms with E-state index in [0.29, 0.717) is 34.4 Å². The molecule has 0 saturated carbocycles. The number of nitrogens with zero attached hydrogens (tertiary/aromatic N) is 6. The fourth-order valence-electron chi connectivity index (χ4n) is 5.43. The molecule has 14 heteroatoms. The van der Waals surface area contributed by atoms with Gasteiger partial charge >= 0.3 is 7.60 Å². The Morgan fingerprint density at radius 3 is 2.70 bits per heavy atom. The molecule has 5 aromatic rings. The Morgan fingerprint density at radius 1 is 1.14 bits per heavy atom. The molecule has 10 nitrogen and oxygen atoms in total. The molecule has 1 aromatic carbocycles. The van der Waals surface area contributed by atoms with Crippen LogP contribution < -0.4 is 9.36 Å². The van der Waals surface area contributed by atoms with Crippen LogP contribution in [-0.2, 0) is 30.8 Å². The van der Waals surface area contributed by atoms with Gasteiger partial charge < -0.3 is 23.7 Å². The van der Waals surface area contributed by atoms with Crippen molar-refractivity contribution in [2.75, 3.05) is 13.1 Å². The van der Waals surface area contributed by atoms with Gasteiger partial charge in [0.15, 0.2) is 0 Å².